The predicted octanol–water partition coefficient (Wildman–Crippen LogP) is 4.10. The number of carboxylic acids is 2. The van der Waals surface area contributed by atoms with Crippen molar-refractivity contribution >= 4 is 71.4 Å². The second-order valence-electron chi connectivity index (χ2n) is 9.23. The van der Waals surface area contributed by atoms with Gasteiger partial charge in [0.2, 0.25) is 10.0 Å². The summed E-state index contributed by atoms with van der Waals surface area (Å²) in [5, 5.41) is 28.7. The maximum Gasteiger partial charge on any atom is 0.335 e. The average Bonchev–Trinajstić information content (AvgIpc) is 2.93. The molecule has 0 atom stereocenters. The Balaban J connectivity index is 0.000000183. The molecular formula is C29H20N2O10S. The number of benzene rings is 5. The molecule has 13 heteroatoms. The van der Waals surface area contributed by atoms with Crippen LogP contribution >= 0.6 is 0 Å². The smallest absolute Gasteiger partial charge is 0.335 e. The number of aromatic amines is 1. The first-order chi connectivity index (χ1) is 19.8. The van der Waals surface area contributed by atoms with Gasteiger partial charge in [0.25, 0.3) is 0 Å². The number of nitrogens with one attached hydrogen (secondary N) is 2. The number of rotatable bonds is 4. The highest BCUT2D eigenvalue weighted by molar-refractivity contribution is 7.92. The van der Waals surface area contributed by atoms with Crippen LogP contribution in [0.25, 0.3) is 43.7 Å². The molecule has 1 heterocycles. The van der Waals surface area contributed by atoms with E-state index in [9.17, 15) is 32.7 Å². The molecule has 12 nitrogen and oxygen atoms in total. The summed E-state index contributed by atoms with van der Waals surface area (Å²) in [4.78, 5) is 50.5. The molecule has 0 radical (unpaired) electrons. The zero-order valence-corrected chi connectivity index (χ0v) is 22.4. The standard InChI is InChI=1S/C20H11NO4.C9H9NO6S/c22-13-9-15-18(21-12-7-3-4-8-14(12)25-15)17-16(13)19(23)10-5-1-2-6-11(10)20(17)24;1-17(15,16)10-7-3-5(8(11)12)2-6(4-7)9(13)14/h1-9,21-22H;2-4,10H,1H3,(H,11,12)(H,13,14). The first kappa shape index (κ1) is 27.9. The molecule has 6 rings (SSSR count). The molecule has 5 N–H and O–H groups in total. The summed E-state index contributed by atoms with van der Waals surface area (Å²) in [5.74, 6) is -2.95. The van der Waals surface area contributed by atoms with Crippen molar-refractivity contribution in [2.24, 2.45) is 0 Å². The van der Waals surface area contributed by atoms with E-state index < -0.39 is 22.0 Å². The van der Waals surface area contributed by atoms with Gasteiger partial charge in [0.15, 0.2) is 22.0 Å². The summed E-state index contributed by atoms with van der Waals surface area (Å²) in [5.41, 5.74) is 0.594. The molecule has 0 unspecified atom stereocenters. The van der Waals surface area contributed by atoms with Crippen molar-refractivity contribution in [3.63, 3.8) is 0 Å². The van der Waals surface area contributed by atoms with Crippen LogP contribution in [-0.2, 0) is 10.0 Å². The monoisotopic (exact) mass is 588 g/mol. The molecule has 0 fully saturated rings. The van der Waals surface area contributed by atoms with Gasteiger partial charge in [-0.25, -0.2) is 18.0 Å². The molecule has 0 saturated heterocycles. The van der Waals surface area contributed by atoms with Gasteiger partial charge in [-0.3, -0.25) is 14.3 Å². The number of para-hydroxylation sites is 2. The Labute approximate surface area is 235 Å². The van der Waals surface area contributed by atoms with Gasteiger partial charge in [0.1, 0.15) is 5.75 Å². The van der Waals surface area contributed by atoms with Crippen molar-refractivity contribution < 1.29 is 37.7 Å². The van der Waals surface area contributed by atoms with Crippen molar-refractivity contribution in [1.29, 1.82) is 0 Å². The van der Waals surface area contributed by atoms with Gasteiger partial charge in [-0.2, -0.15) is 0 Å². The maximum atomic E-state index is 13.0. The van der Waals surface area contributed by atoms with E-state index in [-0.39, 0.29) is 44.2 Å². The fraction of sp³-hybridized carbons (Fsp3) is 0.0345. The van der Waals surface area contributed by atoms with Crippen molar-refractivity contribution in [3.05, 3.63) is 104 Å². The minimum absolute atomic E-state index is 0.0120. The number of aromatic hydroxyl groups is 1. The molecule has 0 aliphatic heterocycles. The van der Waals surface area contributed by atoms with Crippen LogP contribution in [0.5, 0.6) is 5.75 Å². The first-order valence-electron chi connectivity index (χ1n) is 12.1. The van der Waals surface area contributed by atoms with Crippen LogP contribution in [0.15, 0.2) is 86.8 Å². The number of hydrogen-bond donors (Lipinski definition) is 5. The number of H-pyrrole nitrogens is 1. The fourth-order valence-electron chi connectivity index (χ4n) is 4.51. The number of aromatic nitrogens is 1. The molecular weight excluding hydrogens is 568 g/mol. The Morgan fingerprint density at radius 1 is 0.786 bits per heavy atom. The Hall–Kier alpha value is -5.69. The van der Waals surface area contributed by atoms with Crippen LogP contribution in [0.2, 0.25) is 0 Å². The van der Waals surface area contributed by atoms with Gasteiger partial charge in [-0.15, -0.1) is 0 Å². The number of phenols is 1. The number of aromatic carboxylic acids is 2. The van der Waals surface area contributed by atoms with Crippen LogP contribution < -0.4 is 15.6 Å². The van der Waals surface area contributed by atoms with E-state index in [1.165, 1.54) is 6.07 Å². The van der Waals surface area contributed by atoms with Crippen molar-refractivity contribution in [2.45, 2.75) is 0 Å². The summed E-state index contributed by atoms with van der Waals surface area (Å²) in [6.07, 6.45) is 0.876. The first-order valence-corrected chi connectivity index (χ1v) is 13.9. The lowest BCUT2D eigenvalue weighted by atomic mass is 10.0. The van der Waals surface area contributed by atoms with Gasteiger partial charge >= 0.3 is 11.9 Å². The molecule has 0 amide bonds. The molecule has 1 aromatic heterocycles. The molecule has 0 spiro atoms. The van der Waals surface area contributed by atoms with E-state index in [1.54, 1.807) is 30.3 Å². The predicted molar refractivity (Wildman–Crippen MR) is 156 cm³/mol. The molecule has 0 bridgehead atoms. The highest BCUT2D eigenvalue weighted by Gasteiger charge is 2.18. The van der Waals surface area contributed by atoms with E-state index in [2.05, 4.69) is 4.98 Å². The molecule has 6 aromatic rings. The van der Waals surface area contributed by atoms with Crippen LogP contribution in [-0.4, -0.2) is 46.9 Å². The lowest BCUT2D eigenvalue weighted by Gasteiger charge is -2.08. The third-order valence-corrected chi connectivity index (χ3v) is 6.84. The minimum atomic E-state index is -3.60. The second kappa shape index (κ2) is 10.4. The number of carbonyl (C=O) groups is 2. The summed E-state index contributed by atoms with van der Waals surface area (Å²) >= 11 is 0. The van der Waals surface area contributed by atoms with Crippen molar-refractivity contribution in [3.8, 4) is 5.75 Å². The Morgan fingerprint density at radius 2 is 1.33 bits per heavy atom. The average molecular weight is 589 g/mol. The normalized spacial score (nSPS) is 11.4. The summed E-state index contributed by atoms with van der Waals surface area (Å²) in [6, 6.07) is 18.3. The van der Waals surface area contributed by atoms with Crippen LogP contribution in [0.4, 0.5) is 5.69 Å². The quantitative estimate of drug-likeness (QED) is 0.147. The fourth-order valence-corrected chi connectivity index (χ4v) is 5.06. The second-order valence-corrected chi connectivity index (χ2v) is 11.0. The van der Waals surface area contributed by atoms with E-state index in [0.717, 1.165) is 24.5 Å². The molecule has 5 aromatic carbocycles. The Kier molecular flexibility index (Phi) is 6.88. The number of anilines is 1. The lowest BCUT2D eigenvalue weighted by Crippen LogP contribution is -2.13. The molecule has 0 saturated carbocycles. The Bertz CT molecular complexity index is 2290. The lowest BCUT2D eigenvalue weighted by molar-refractivity contribution is 0.0696. The summed E-state index contributed by atoms with van der Waals surface area (Å²) in [6.45, 7) is 0. The molecule has 42 heavy (non-hydrogen) atoms. The largest absolute Gasteiger partial charge is 0.507 e. The van der Waals surface area contributed by atoms with Gasteiger partial charge in [0, 0.05) is 16.8 Å². The summed E-state index contributed by atoms with van der Waals surface area (Å²) < 4.78 is 29.7. The molecule has 212 valence electrons. The maximum absolute atomic E-state index is 13.0. The zero-order valence-electron chi connectivity index (χ0n) is 21.5. The van der Waals surface area contributed by atoms with Crippen LogP contribution in [0, 0.1) is 0 Å². The highest BCUT2D eigenvalue weighted by atomic mass is 32.2. The van der Waals surface area contributed by atoms with E-state index in [0.29, 0.717) is 33.0 Å². The van der Waals surface area contributed by atoms with Crippen LogP contribution in [0.3, 0.4) is 0 Å². The SMILES string of the molecule is CS(=O)(=O)Nc1cc(C(=O)O)cc(C(=O)O)c1.O=c1c2ccccc2c(=O)c2c1c(O)cc1oc3ccccc3[nH]c12. The van der Waals surface area contributed by atoms with Gasteiger partial charge < -0.3 is 24.7 Å². The van der Waals surface area contributed by atoms with E-state index in [1.807, 2.05) is 22.9 Å². The number of hydrogen-bond acceptors (Lipinski definition) is 8. The number of fused-ring (bicyclic) bond motifs is 5. The number of phenolic OH excluding ortho intramolecular Hbond substituents is 1. The Morgan fingerprint density at radius 3 is 1.90 bits per heavy atom. The van der Waals surface area contributed by atoms with Crippen LogP contribution in [0.1, 0.15) is 20.7 Å². The van der Waals surface area contributed by atoms with Gasteiger partial charge in [-0.1, -0.05) is 36.4 Å². The molecule has 0 aliphatic rings. The summed E-state index contributed by atoms with van der Waals surface area (Å²) in [7, 11) is -3.60. The van der Waals surface area contributed by atoms with E-state index >= 15 is 0 Å². The topological polar surface area (TPSA) is 204 Å². The third-order valence-electron chi connectivity index (χ3n) is 6.24. The van der Waals surface area contributed by atoms with Crippen molar-refractivity contribution in [2.75, 3.05) is 11.0 Å². The number of sulfonamides is 1. The van der Waals surface area contributed by atoms with Gasteiger partial charge in [0.05, 0.1) is 44.9 Å². The highest BCUT2D eigenvalue weighted by Crippen LogP contribution is 2.31. The molecule has 0 aliphatic carbocycles. The van der Waals surface area contributed by atoms with E-state index in [4.69, 9.17) is 14.6 Å². The third kappa shape index (κ3) is 5.23. The zero-order chi connectivity index (χ0) is 30.3. The van der Waals surface area contributed by atoms with Crippen molar-refractivity contribution in [1.82, 2.24) is 4.98 Å². The van der Waals surface area contributed by atoms with Gasteiger partial charge in [-0.05, 0) is 30.3 Å². The number of carboxylic acid groups (broad SMARTS) is 2. The minimum Gasteiger partial charge on any atom is -0.507 e.